The fraction of sp³-hybridized carbons (Fsp3) is 0.591. The lowest BCUT2D eigenvalue weighted by molar-refractivity contribution is -0.136. The molecule has 158 valence electrons. The fourth-order valence-electron chi connectivity index (χ4n) is 4.07. The molecule has 0 spiro atoms. The van der Waals surface area contributed by atoms with Crippen LogP contribution >= 0.6 is 0 Å². The topological polar surface area (TPSA) is 70.2 Å². The quantitative estimate of drug-likeness (QED) is 0.751. The van der Waals surface area contributed by atoms with Crippen LogP contribution in [0.1, 0.15) is 32.3 Å². The number of methoxy groups -OCH3 is 1. The number of nitrogens with zero attached hydrogens (tertiary/aromatic N) is 3. The molecule has 0 aromatic heterocycles. The highest BCUT2D eigenvalue weighted by Crippen LogP contribution is 2.23. The largest absolute Gasteiger partial charge is 0.497 e. The molecule has 0 aliphatic carbocycles. The molecule has 3 amide bonds. The van der Waals surface area contributed by atoms with Crippen molar-refractivity contribution in [2.75, 3.05) is 39.8 Å². The highest BCUT2D eigenvalue weighted by atomic mass is 16.5. The van der Waals surface area contributed by atoms with Crippen LogP contribution in [-0.2, 0) is 20.8 Å². The third-order valence-corrected chi connectivity index (χ3v) is 5.81. The van der Waals surface area contributed by atoms with Gasteiger partial charge in [-0.3, -0.25) is 14.4 Å². The summed E-state index contributed by atoms with van der Waals surface area (Å²) in [6.07, 6.45) is 1.40. The van der Waals surface area contributed by atoms with Gasteiger partial charge in [-0.2, -0.15) is 0 Å². The average molecular weight is 402 g/mol. The molecular formula is C22H31N3O4. The molecular weight excluding hydrogens is 370 g/mol. The van der Waals surface area contributed by atoms with Crippen molar-refractivity contribution >= 4 is 17.7 Å². The Morgan fingerprint density at radius 2 is 1.72 bits per heavy atom. The normalized spacial score (nSPS) is 20.2. The van der Waals surface area contributed by atoms with Gasteiger partial charge in [0.15, 0.2) is 0 Å². The second-order valence-corrected chi connectivity index (χ2v) is 8.13. The standard InChI is InChI=1S/C22H31N3O4/c1-16(2)25-15-18(14-21(25)27)22(28)24-10-4-9-23(11-12-24)20(26)13-17-5-7-19(29-3)8-6-17/h5-8,16,18H,4,9-15H2,1-3H3. The molecule has 0 radical (unpaired) electrons. The molecule has 2 fully saturated rings. The molecule has 3 rings (SSSR count). The monoisotopic (exact) mass is 401 g/mol. The highest BCUT2D eigenvalue weighted by Gasteiger charge is 2.37. The third-order valence-electron chi connectivity index (χ3n) is 5.81. The molecule has 7 heteroatoms. The molecule has 1 aromatic carbocycles. The van der Waals surface area contributed by atoms with Crippen LogP contribution < -0.4 is 4.74 Å². The van der Waals surface area contributed by atoms with Gasteiger partial charge >= 0.3 is 0 Å². The zero-order valence-electron chi connectivity index (χ0n) is 17.6. The van der Waals surface area contributed by atoms with E-state index >= 15 is 0 Å². The van der Waals surface area contributed by atoms with E-state index in [1.165, 1.54) is 0 Å². The van der Waals surface area contributed by atoms with Crippen LogP contribution in [0.5, 0.6) is 5.75 Å². The van der Waals surface area contributed by atoms with Gasteiger partial charge in [0.25, 0.3) is 0 Å². The zero-order chi connectivity index (χ0) is 21.0. The van der Waals surface area contributed by atoms with Crippen molar-refractivity contribution in [1.29, 1.82) is 0 Å². The van der Waals surface area contributed by atoms with E-state index in [0.29, 0.717) is 45.6 Å². The maximum atomic E-state index is 12.9. The molecule has 1 aromatic rings. The van der Waals surface area contributed by atoms with Crippen molar-refractivity contribution in [1.82, 2.24) is 14.7 Å². The summed E-state index contributed by atoms with van der Waals surface area (Å²) < 4.78 is 5.15. The van der Waals surface area contributed by atoms with E-state index in [1.807, 2.05) is 47.9 Å². The van der Waals surface area contributed by atoms with E-state index in [1.54, 1.807) is 12.0 Å². The number of hydrogen-bond donors (Lipinski definition) is 0. The summed E-state index contributed by atoms with van der Waals surface area (Å²) >= 11 is 0. The molecule has 2 heterocycles. The molecule has 0 saturated carbocycles. The van der Waals surface area contributed by atoms with Gasteiger partial charge in [-0.15, -0.1) is 0 Å². The van der Waals surface area contributed by atoms with E-state index in [4.69, 9.17) is 4.74 Å². The van der Waals surface area contributed by atoms with Crippen LogP contribution in [0.3, 0.4) is 0 Å². The number of benzene rings is 1. The van der Waals surface area contributed by atoms with Gasteiger partial charge in [0, 0.05) is 45.2 Å². The third kappa shape index (κ3) is 5.08. The van der Waals surface area contributed by atoms with Crippen molar-refractivity contribution < 1.29 is 19.1 Å². The lowest BCUT2D eigenvalue weighted by Gasteiger charge is -2.25. The average Bonchev–Trinajstić information content (AvgIpc) is 2.94. The van der Waals surface area contributed by atoms with Crippen molar-refractivity contribution in [3.8, 4) is 5.75 Å². The first-order valence-electron chi connectivity index (χ1n) is 10.4. The Morgan fingerprint density at radius 3 is 2.34 bits per heavy atom. The van der Waals surface area contributed by atoms with Crippen LogP contribution in [0.25, 0.3) is 0 Å². The molecule has 7 nitrogen and oxygen atoms in total. The first-order chi connectivity index (χ1) is 13.9. The summed E-state index contributed by atoms with van der Waals surface area (Å²) in [5, 5.41) is 0. The number of hydrogen-bond acceptors (Lipinski definition) is 4. The predicted octanol–water partition coefficient (Wildman–Crippen LogP) is 1.56. The molecule has 0 bridgehead atoms. The SMILES string of the molecule is COc1ccc(CC(=O)N2CCCN(C(=O)C3CC(=O)N(C(C)C)C3)CC2)cc1. The van der Waals surface area contributed by atoms with Crippen molar-refractivity contribution in [3.05, 3.63) is 29.8 Å². The Hall–Kier alpha value is -2.57. The predicted molar refractivity (Wildman–Crippen MR) is 109 cm³/mol. The molecule has 1 unspecified atom stereocenters. The van der Waals surface area contributed by atoms with Gasteiger partial charge in [0.05, 0.1) is 19.4 Å². The summed E-state index contributed by atoms with van der Waals surface area (Å²) in [5.41, 5.74) is 0.950. The number of likely N-dealkylation sites (tertiary alicyclic amines) is 1. The Balaban J connectivity index is 1.53. The molecule has 2 saturated heterocycles. The first kappa shape index (κ1) is 21.1. The maximum Gasteiger partial charge on any atom is 0.228 e. The smallest absolute Gasteiger partial charge is 0.228 e. The lowest BCUT2D eigenvalue weighted by atomic mass is 10.1. The number of carbonyl (C=O) groups excluding carboxylic acids is 3. The maximum absolute atomic E-state index is 12.9. The van der Waals surface area contributed by atoms with Gasteiger partial charge in [-0.1, -0.05) is 12.1 Å². The second-order valence-electron chi connectivity index (χ2n) is 8.13. The van der Waals surface area contributed by atoms with E-state index < -0.39 is 0 Å². The summed E-state index contributed by atoms with van der Waals surface area (Å²) in [6.45, 7) is 6.81. The molecule has 29 heavy (non-hydrogen) atoms. The minimum atomic E-state index is -0.258. The Morgan fingerprint density at radius 1 is 1.07 bits per heavy atom. The first-order valence-corrected chi connectivity index (χ1v) is 10.4. The van der Waals surface area contributed by atoms with Crippen LogP contribution in [0.2, 0.25) is 0 Å². The lowest BCUT2D eigenvalue weighted by Crippen LogP contribution is -2.41. The number of carbonyl (C=O) groups is 3. The number of rotatable bonds is 5. The van der Waals surface area contributed by atoms with E-state index in [2.05, 4.69) is 0 Å². The second kappa shape index (κ2) is 9.29. The van der Waals surface area contributed by atoms with E-state index in [-0.39, 0.29) is 29.7 Å². The molecule has 1 atom stereocenters. The Labute approximate surface area is 172 Å². The van der Waals surface area contributed by atoms with Crippen LogP contribution in [0.4, 0.5) is 0 Å². The van der Waals surface area contributed by atoms with E-state index in [9.17, 15) is 14.4 Å². The Bertz CT molecular complexity index is 747. The van der Waals surface area contributed by atoms with Gasteiger partial charge < -0.3 is 19.4 Å². The molecule has 2 aliphatic heterocycles. The van der Waals surface area contributed by atoms with E-state index in [0.717, 1.165) is 17.7 Å². The van der Waals surface area contributed by atoms with Crippen LogP contribution in [0, 0.1) is 5.92 Å². The molecule has 0 N–H and O–H groups in total. The number of amides is 3. The summed E-state index contributed by atoms with van der Waals surface area (Å²) in [6, 6.07) is 7.64. The van der Waals surface area contributed by atoms with Crippen molar-refractivity contribution in [3.63, 3.8) is 0 Å². The minimum Gasteiger partial charge on any atom is -0.497 e. The van der Waals surface area contributed by atoms with Crippen molar-refractivity contribution in [2.45, 2.75) is 39.2 Å². The minimum absolute atomic E-state index is 0.0472. The Kier molecular flexibility index (Phi) is 6.77. The van der Waals surface area contributed by atoms with Gasteiger partial charge in [-0.25, -0.2) is 0 Å². The summed E-state index contributed by atoms with van der Waals surface area (Å²) in [5.74, 6) is 0.694. The van der Waals surface area contributed by atoms with Crippen molar-refractivity contribution in [2.24, 2.45) is 5.92 Å². The zero-order valence-corrected chi connectivity index (χ0v) is 17.6. The highest BCUT2D eigenvalue weighted by molar-refractivity contribution is 5.89. The molecule has 2 aliphatic rings. The van der Waals surface area contributed by atoms with Gasteiger partial charge in [0.2, 0.25) is 17.7 Å². The van der Waals surface area contributed by atoms with Gasteiger partial charge in [-0.05, 0) is 38.0 Å². The van der Waals surface area contributed by atoms with Crippen LogP contribution in [0.15, 0.2) is 24.3 Å². The fourth-order valence-corrected chi connectivity index (χ4v) is 4.07. The van der Waals surface area contributed by atoms with Gasteiger partial charge in [0.1, 0.15) is 5.75 Å². The van der Waals surface area contributed by atoms with Crippen LogP contribution in [-0.4, -0.2) is 78.3 Å². The summed E-state index contributed by atoms with van der Waals surface area (Å²) in [4.78, 5) is 43.2. The number of ether oxygens (including phenoxy) is 1. The summed E-state index contributed by atoms with van der Waals surface area (Å²) in [7, 11) is 1.62.